The summed E-state index contributed by atoms with van der Waals surface area (Å²) < 4.78 is 5.80. The Morgan fingerprint density at radius 1 is 1.20 bits per heavy atom. The molecule has 2 rings (SSSR count). The van der Waals surface area contributed by atoms with Crippen LogP contribution in [0.2, 0.25) is 0 Å². The number of benzene rings is 1. The SMILES string of the molecule is O=C(CNCCO)NCCCOc1cccc(CN2CCCCC2)c1. The van der Waals surface area contributed by atoms with E-state index in [2.05, 4.69) is 27.7 Å². The molecule has 1 aliphatic rings. The fourth-order valence-corrected chi connectivity index (χ4v) is 2.94. The van der Waals surface area contributed by atoms with Gasteiger partial charge in [-0.15, -0.1) is 0 Å². The van der Waals surface area contributed by atoms with Crippen molar-refractivity contribution in [3.63, 3.8) is 0 Å². The molecule has 1 heterocycles. The van der Waals surface area contributed by atoms with E-state index in [1.54, 1.807) is 0 Å². The highest BCUT2D eigenvalue weighted by molar-refractivity contribution is 5.77. The molecule has 0 aliphatic carbocycles. The molecular formula is C19H31N3O3. The van der Waals surface area contributed by atoms with Crippen LogP contribution in [-0.4, -0.2) is 61.9 Å². The van der Waals surface area contributed by atoms with Crippen LogP contribution in [0.25, 0.3) is 0 Å². The minimum atomic E-state index is -0.0584. The van der Waals surface area contributed by atoms with E-state index in [0.29, 0.717) is 19.7 Å². The maximum absolute atomic E-state index is 11.5. The highest BCUT2D eigenvalue weighted by Crippen LogP contribution is 2.17. The number of aliphatic hydroxyl groups excluding tert-OH is 1. The van der Waals surface area contributed by atoms with Gasteiger partial charge in [0.05, 0.1) is 19.8 Å². The molecule has 0 unspecified atom stereocenters. The van der Waals surface area contributed by atoms with Gasteiger partial charge in [-0.05, 0) is 50.0 Å². The molecule has 1 fully saturated rings. The van der Waals surface area contributed by atoms with E-state index in [0.717, 1.165) is 18.7 Å². The quantitative estimate of drug-likeness (QED) is 0.523. The third-order valence-electron chi connectivity index (χ3n) is 4.24. The number of aliphatic hydroxyl groups is 1. The highest BCUT2D eigenvalue weighted by Gasteiger charge is 2.10. The molecule has 0 radical (unpaired) electrons. The molecule has 0 saturated carbocycles. The maximum Gasteiger partial charge on any atom is 0.233 e. The fraction of sp³-hybridized carbons (Fsp3) is 0.632. The summed E-state index contributed by atoms with van der Waals surface area (Å²) in [6, 6.07) is 8.30. The van der Waals surface area contributed by atoms with Crippen LogP contribution in [0.15, 0.2) is 24.3 Å². The summed E-state index contributed by atoms with van der Waals surface area (Å²) in [6.07, 6.45) is 4.73. The standard InChI is InChI=1S/C19H31N3O3/c23-12-9-20-15-19(24)21-8-5-13-25-18-7-4-6-17(14-18)16-22-10-2-1-3-11-22/h4,6-7,14,20,23H,1-3,5,8-13,15-16H2,(H,21,24). The van der Waals surface area contributed by atoms with E-state index in [1.807, 2.05) is 12.1 Å². The summed E-state index contributed by atoms with van der Waals surface area (Å²) in [5, 5.41) is 14.3. The minimum Gasteiger partial charge on any atom is -0.494 e. The highest BCUT2D eigenvalue weighted by atomic mass is 16.5. The van der Waals surface area contributed by atoms with Crippen LogP contribution in [0.5, 0.6) is 5.75 Å². The summed E-state index contributed by atoms with van der Waals surface area (Å²) >= 11 is 0. The molecule has 6 nitrogen and oxygen atoms in total. The van der Waals surface area contributed by atoms with Crippen molar-refractivity contribution < 1.29 is 14.6 Å². The molecule has 1 aromatic rings. The lowest BCUT2D eigenvalue weighted by atomic mass is 10.1. The lowest BCUT2D eigenvalue weighted by Gasteiger charge is -2.26. The molecule has 6 heteroatoms. The Bertz CT molecular complexity index is 504. The molecule has 3 N–H and O–H groups in total. The molecule has 0 spiro atoms. The number of piperidine rings is 1. The number of nitrogens with zero attached hydrogens (tertiary/aromatic N) is 1. The molecule has 1 aromatic carbocycles. The van der Waals surface area contributed by atoms with Crippen molar-refractivity contribution in [1.29, 1.82) is 0 Å². The van der Waals surface area contributed by atoms with Crippen molar-refractivity contribution in [3.8, 4) is 5.75 Å². The Balaban J connectivity index is 1.60. The number of likely N-dealkylation sites (tertiary alicyclic amines) is 1. The molecule has 25 heavy (non-hydrogen) atoms. The number of carbonyl (C=O) groups is 1. The summed E-state index contributed by atoms with van der Waals surface area (Å²) in [5.41, 5.74) is 1.29. The molecule has 1 amide bonds. The summed E-state index contributed by atoms with van der Waals surface area (Å²) in [6.45, 7) is 5.26. The average molecular weight is 349 g/mol. The molecule has 140 valence electrons. The van der Waals surface area contributed by atoms with E-state index in [9.17, 15) is 4.79 Å². The van der Waals surface area contributed by atoms with E-state index in [-0.39, 0.29) is 19.1 Å². The Morgan fingerprint density at radius 3 is 2.84 bits per heavy atom. The Labute approximate surface area is 150 Å². The van der Waals surface area contributed by atoms with Crippen molar-refractivity contribution in [2.45, 2.75) is 32.2 Å². The summed E-state index contributed by atoms with van der Waals surface area (Å²) in [7, 11) is 0. The topological polar surface area (TPSA) is 73.8 Å². The van der Waals surface area contributed by atoms with Gasteiger partial charge >= 0.3 is 0 Å². The van der Waals surface area contributed by atoms with E-state index in [1.165, 1.54) is 37.9 Å². The molecule has 1 aliphatic heterocycles. The zero-order chi connectivity index (χ0) is 17.7. The lowest BCUT2D eigenvalue weighted by molar-refractivity contribution is -0.120. The van der Waals surface area contributed by atoms with Gasteiger partial charge in [-0.3, -0.25) is 9.69 Å². The largest absolute Gasteiger partial charge is 0.494 e. The van der Waals surface area contributed by atoms with Gasteiger partial charge in [0.1, 0.15) is 5.75 Å². The van der Waals surface area contributed by atoms with Crippen LogP contribution in [0, 0.1) is 0 Å². The van der Waals surface area contributed by atoms with Crippen molar-refractivity contribution >= 4 is 5.91 Å². The number of amides is 1. The van der Waals surface area contributed by atoms with Crippen LogP contribution in [0.4, 0.5) is 0 Å². The normalized spacial score (nSPS) is 15.1. The molecule has 0 atom stereocenters. The monoisotopic (exact) mass is 349 g/mol. The first-order valence-electron chi connectivity index (χ1n) is 9.30. The summed E-state index contributed by atoms with van der Waals surface area (Å²) in [5.74, 6) is 0.836. The Kier molecular flexibility index (Phi) is 9.33. The predicted octanol–water partition coefficient (Wildman–Crippen LogP) is 1.14. The van der Waals surface area contributed by atoms with E-state index < -0.39 is 0 Å². The van der Waals surface area contributed by atoms with Gasteiger partial charge in [-0.25, -0.2) is 0 Å². The van der Waals surface area contributed by atoms with Crippen molar-refractivity contribution in [2.75, 3.05) is 45.9 Å². The van der Waals surface area contributed by atoms with Crippen LogP contribution in [0.1, 0.15) is 31.2 Å². The van der Waals surface area contributed by atoms with Crippen LogP contribution < -0.4 is 15.4 Å². The van der Waals surface area contributed by atoms with Crippen LogP contribution in [0.3, 0.4) is 0 Å². The van der Waals surface area contributed by atoms with Gasteiger partial charge in [-0.1, -0.05) is 18.6 Å². The van der Waals surface area contributed by atoms with Crippen molar-refractivity contribution in [2.24, 2.45) is 0 Å². The van der Waals surface area contributed by atoms with Gasteiger partial charge in [0.25, 0.3) is 0 Å². The third kappa shape index (κ3) is 8.34. The molecule has 0 aromatic heterocycles. The van der Waals surface area contributed by atoms with Crippen LogP contribution >= 0.6 is 0 Å². The number of hydrogen-bond acceptors (Lipinski definition) is 5. The fourth-order valence-electron chi connectivity index (χ4n) is 2.94. The number of hydrogen-bond donors (Lipinski definition) is 3. The first-order valence-corrected chi connectivity index (χ1v) is 9.30. The number of carbonyl (C=O) groups excluding carboxylic acids is 1. The Morgan fingerprint density at radius 2 is 2.04 bits per heavy atom. The van der Waals surface area contributed by atoms with Gasteiger partial charge in [0.2, 0.25) is 5.91 Å². The zero-order valence-electron chi connectivity index (χ0n) is 15.0. The van der Waals surface area contributed by atoms with Crippen molar-refractivity contribution in [3.05, 3.63) is 29.8 Å². The average Bonchev–Trinajstić information content (AvgIpc) is 2.63. The van der Waals surface area contributed by atoms with E-state index >= 15 is 0 Å². The predicted molar refractivity (Wildman–Crippen MR) is 98.6 cm³/mol. The molecule has 0 bridgehead atoms. The second-order valence-corrected chi connectivity index (χ2v) is 6.44. The van der Waals surface area contributed by atoms with Gasteiger partial charge in [0, 0.05) is 19.6 Å². The van der Waals surface area contributed by atoms with Gasteiger partial charge < -0.3 is 20.5 Å². The second kappa shape index (κ2) is 11.8. The lowest BCUT2D eigenvalue weighted by Crippen LogP contribution is -2.35. The first kappa shape index (κ1) is 19.7. The van der Waals surface area contributed by atoms with E-state index in [4.69, 9.17) is 9.84 Å². The number of nitrogens with one attached hydrogen (secondary N) is 2. The van der Waals surface area contributed by atoms with Crippen molar-refractivity contribution in [1.82, 2.24) is 15.5 Å². The number of ether oxygens (including phenoxy) is 1. The van der Waals surface area contributed by atoms with Gasteiger partial charge in [-0.2, -0.15) is 0 Å². The molecular weight excluding hydrogens is 318 g/mol. The number of rotatable bonds is 11. The zero-order valence-corrected chi connectivity index (χ0v) is 15.0. The Hall–Kier alpha value is -1.63. The summed E-state index contributed by atoms with van der Waals surface area (Å²) in [4.78, 5) is 14.0. The third-order valence-corrected chi connectivity index (χ3v) is 4.24. The van der Waals surface area contributed by atoms with Crippen LogP contribution in [-0.2, 0) is 11.3 Å². The first-order chi connectivity index (χ1) is 12.3. The maximum atomic E-state index is 11.5. The second-order valence-electron chi connectivity index (χ2n) is 6.44. The smallest absolute Gasteiger partial charge is 0.233 e. The minimum absolute atomic E-state index is 0.0396. The molecule has 1 saturated heterocycles. The van der Waals surface area contributed by atoms with Gasteiger partial charge in [0.15, 0.2) is 0 Å².